The van der Waals surface area contributed by atoms with E-state index >= 15 is 0 Å². The molecular weight excluding hydrogens is 380 g/mol. The van der Waals surface area contributed by atoms with Gasteiger partial charge in [0.2, 0.25) is 0 Å². The Labute approximate surface area is 153 Å². The molecule has 0 aromatic heterocycles. The first kappa shape index (κ1) is 15.8. The maximum absolute atomic E-state index is 12.8. The molecule has 25 heavy (non-hydrogen) atoms. The van der Waals surface area contributed by atoms with Crippen molar-refractivity contribution in [3.05, 3.63) is 76.0 Å². The van der Waals surface area contributed by atoms with Crippen LogP contribution in [0.2, 0.25) is 0 Å². The number of amidine groups is 1. The minimum Gasteiger partial charge on any atom is -0.392 e. The maximum Gasteiger partial charge on any atom is 0.284 e. The molecule has 0 saturated carbocycles. The second-order valence-electron chi connectivity index (χ2n) is 5.68. The topological polar surface area (TPSA) is 57.1 Å². The van der Waals surface area contributed by atoms with Gasteiger partial charge in [-0.2, -0.15) is 0 Å². The Morgan fingerprint density at radius 2 is 2.00 bits per heavy atom. The predicted octanol–water partition coefficient (Wildman–Crippen LogP) is 3.11. The first-order chi connectivity index (χ1) is 12.2. The van der Waals surface area contributed by atoms with Crippen molar-refractivity contribution in [2.45, 2.75) is 0 Å². The number of hydrogen-bond donors (Lipinski definition) is 1. The summed E-state index contributed by atoms with van der Waals surface area (Å²) in [5.41, 5.74) is 3.98. The summed E-state index contributed by atoms with van der Waals surface area (Å²) < 4.78 is 0.938. The molecule has 1 amide bonds. The maximum atomic E-state index is 12.8. The first-order valence-corrected chi connectivity index (χ1v) is 8.67. The van der Waals surface area contributed by atoms with Crippen molar-refractivity contribution in [2.75, 3.05) is 18.5 Å². The smallest absolute Gasteiger partial charge is 0.284 e. The van der Waals surface area contributed by atoms with E-state index in [0.29, 0.717) is 18.1 Å². The fraction of sp³-hybridized carbons (Fsp3) is 0.105. The number of nitrogens with zero attached hydrogens (tertiary/aromatic N) is 3. The van der Waals surface area contributed by atoms with E-state index in [-0.39, 0.29) is 5.91 Å². The number of anilines is 1. The standard InChI is InChI=1S/C19H15BrN4O/c1-21-10-15-19(25)24-16-8-7-13(20)9-14(16)18(22-11-17(24)23-15)12-5-3-2-4-6-12/h2-10,21H,11H2,1H3/b15-10-. The van der Waals surface area contributed by atoms with Crippen LogP contribution in [-0.4, -0.2) is 31.0 Å². The molecule has 0 radical (unpaired) electrons. The third kappa shape index (κ3) is 2.68. The van der Waals surface area contributed by atoms with Crippen molar-refractivity contribution in [3.8, 4) is 0 Å². The van der Waals surface area contributed by atoms with E-state index in [0.717, 1.165) is 27.0 Å². The monoisotopic (exact) mass is 394 g/mol. The van der Waals surface area contributed by atoms with Gasteiger partial charge in [-0.25, -0.2) is 4.99 Å². The Morgan fingerprint density at radius 3 is 2.76 bits per heavy atom. The van der Waals surface area contributed by atoms with Gasteiger partial charge in [0.15, 0.2) is 0 Å². The van der Waals surface area contributed by atoms with Crippen LogP contribution in [0.15, 0.2) is 74.9 Å². The van der Waals surface area contributed by atoms with Gasteiger partial charge in [0.05, 0.1) is 17.9 Å². The van der Waals surface area contributed by atoms with Crippen molar-refractivity contribution in [3.63, 3.8) is 0 Å². The third-order valence-corrected chi connectivity index (χ3v) is 4.58. The van der Waals surface area contributed by atoms with E-state index in [1.165, 1.54) is 0 Å². The summed E-state index contributed by atoms with van der Waals surface area (Å²) in [6.45, 7) is 0.351. The van der Waals surface area contributed by atoms with Gasteiger partial charge in [0.1, 0.15) is 11.5 Å². The molecule has 2 aliphatic heterocycles. The molecular formula is C19H15BrN4O. The minimum absolute atomic E-state index is 0.141. The lowest BCUT2D eigenvalue weighted by Gasteiger charge is -2.19. The molecule has 6 heteroatoms. The molecule has 0 bridgehead atoms. The quantitative estimate of drug-likeness (QED) is 0.795. The summed E-state index contributed by atoms with van der Waals surface area (Å²) in [5, 5.41) is 2.87. The molecule has 0 aliphatic carbocycles. The zero-order chi connectivity index (χ0) is 17.4. The lowest BCUT2D eigenvalue weighted by atomic mass is 10.0. The fourth-order valence-corrected chi connectivity index (χ4v) is 3.39. The molecule has 2 aromatic rings. The highest BCUT2D eigenvalue weighted by molar-refractivity contribution is 9.10. The third-order valence-electron chi connectivity index (χ3n) is 4.09. The minimum atomic E-state index is -0.141. The van der Waals surface area contributed by atoms with Crippen LogP contribution in [0.1, 0.15) is 11.1 Å². The molecule has 0 atom stereocenters. The van der Waals surface area contributed by atoms with Crippen LogP contribution in [0.25, 0.3) is 0 Å². The Morgan fingerprint density at radius 1 is 1.20 bits per heavy atom. The van der Waals surface area contributed by atoms with Crippen molar-refractivity contribution < 1.29 is 4.79 Å². The predicted molar refractivity (Wildman–Crippen MR) is 103 cm³/mol. The van der Waals surface area contributed by atoms with E-state index < -0.39 is 0 Å². The Balaban J connectivity index is 1.93. The summed E-state index contributed by atoms with van der Waals surface area (Å²) in [4.78, 5) is 23.7. The molecule has 2 heterocycles. The number of rotatable bonds is 2. The number of halogens is 1. The summed E-state index contributed by atoms with van der Waals surface area (Å²) in [7, 11) is 1.75. The van der Waals surface area contributed by atoms with Gasteiger partial charge >= 0.3 is 0 Å². The van der Waals surface area contributed by atoms with Crippen LogP contribution in [-0.2, 0) is 4.79 Å². The van der Waals surface area contributed by atoms with Crippen LogP contribution >= 0.6 is 15.9 Å². The van der Waals surface area contributed by atoms with Crippen LogP contribution < -0.4 is 10.2 Å². The van der Waals surface area contributed by atoms with Crippen molar-refractivity contribution in [1.29, 1.82) is 0 Å². The lowest BCUT2D eigenvalue weighted by molar-refractivity contribution is -0.113. The fourth-order valence-electron chi connectivity index (χ4n) is 3.02. The Bertz CT molecular complexity index is 947. The van der Waals surface area contributed by atoms with Crippen LogP contribution in [0, 0.1) is 0 Å². The zero-order valence-electron chi connectivity index (χ0n) is 13.5. The molecule has 124 valence electrons. The molecule has 2 aromatic carbocycles. The summed E-state index contributed by atoms with van der Waals surface area (Å²) >= 11 is 3.53. The molecule has 5 nitrogen and oxygen atoms in total. The van der Waals surface area contributed by atoms with Gasteiger partial charge in [-0.3, -0.25) is 14.7 Å². The van der Waals surface area contributed by atoms with Crippen molar-refractivity contribution in [2.24, 2.45) is 9.98 Å². The number of hydrogen-bond acceptors (Lipinski definition) is 4. The summed E-state index contributed by atoms with van der Waals surface area (Å²) in [6, 6.07) is 15.8. The number of fused-ring (bicyclic) bond motifs is 3. The Hall–Kier alpha value is -2.73. The number of nitrogens with one attached hydrogen (secondary N) is 1. The van der Waals surface area contributed by atoms with Crippen LogP contribution in [0.4, 0.5) is 5.69 Å². The molecule has 0 unspecified atom stereocenters. The normalized spacial score (nSPS) is 17.6. The number of carbonyl (C=O) groups excluding carboxylic acids is 1. The highest BCUT2D eigenvalue weighted by atomic mass is 79.9. The van der Waals surface area contributed by atoms with Gasteiger partial charge in [-0.15, -0.1) is 0 Å². The van der Waals surface area contributed by atoms with E-state index in [1.807, 2.05) is 48.5 Å². The second-order valence-corrected chi connectivity index (χ2v) is 6.59. The molecule has 1 N–H and O–H groups in total. The second kappa shape index (κ2) is 6.29. The number of amides is 1. The van der Waals surface area contributed by atoms with Crippen molar-refractivity contribution in [1.82, 2.24) is 5.32 Å². The lowest BCUT2D eigenvalue weighted by Crippen LogP contribution is -2.33. The van der Waals surface area contributed by atoms with Gasteiger partial charge in [-0.1, -0.05) is 46.3 Å². The van der Waals surface area contributed by atoms with E-state index in [9.17, 15) is 4.79 Å². The van der Waals surface area contributed by atoms with E-state index in [1.54, 1.807) is 18.1 Å². The summed E-state index contributed by atoms with van der Waals surface area (Å²) in [5.74, 6) is 0.499. The SMILES string of the molecule is CN/C=C1\N=C2CN=C(c3ccccc3)c3cc(Br)ccc3N2C1=O. The van der Waals surface area contributed by atoms with Crippen LogP contribution in [0.5, 0.6) is 0 Å². The van der Waals surface area contributed by atoms with Gasteiger partial charge in [-0.05, 0) is 18.2 Å². The average Bonchev–Trinajstić information content (AvgIpc) is 2.84. The molecule has 0 saturated heterocycles. The van der Waals surface area contributed by atoms with E-state index in [4.69, 9.17) is 4.99 Å². The van der Waals surface area contributed by atoms with Gasteiger partial charge in [0.25, 0.3) is 5.91 Å². The van der Waals surface area contributed by atoms with Crippen LogP contribution in [0.3, 0.4) is 0 Å². The highest BCUT2D eigenvalue weighted by Gasteiger charge is 2.35. The van der Waals surface area contributed by atoms with Crippen molar-refractivity contribution >= 4 is 39.1 Å². The number of benzene rings is 2. The highest BCUT2D eigenvalue weighted by Crippen LogP contribution is 2.33. The van der Waals surface area contributed by atoms with Gasteiger partial charge < -0.3 is 5.32 Å². The molecule has 0 spiro atoms. The molecule has 0 fully saturated rings. The molecule has 4 rings (SSSR count). The largest absolute Gasteiger partial charge is 0.392 e. The summed E-state index contributed by atoms with van der Waals surface area (Å²) in [6.07, 6.45) is 1.62. The first-order valence-electron chi connectivity index (χ1n) is 7.88. The van der Waals surface area contributed by atoms with Gasteiger partial charge in [0, 0.05) is 28.8 Å². The zero-order valence-corrected chi connectivity index (χ0v) is 15.1. The van der Waals surface area contributed by atoms with E-state index in [2.05, 4.69) is 26.2 Å². The number of aliphatic imine (C=N–C) groups is 2. The average molecular weight is 395 g/mol. The Kier molecular flexibility index (Phi) is 3.97. The number of carbonyl (C=O) groups is 1. The molecule has 2 aliphatic rings.